The zero-order valence-corrected chi connectivity index (χ0v) is 22.1. The van der Waals surface area contributed by atoms with Gasteiger partial charge in [0.25, 0.3) is 5.91 Å². The molecule has 41 heavy (non-hydrogen) atoms. The van der Waals surface area contributed by atoms with Gasteiger partial charge in [-0.3, -0.25) is 19.5 Å². The quantitative estimate of drug-likeness (QED) is 0.531. The van der Waals surface area contributed by atoms with E-state index < -0.39 is 23.8 Å². The van der Waals surface area contributed by atoms with Crippen LogP contribution in [0.1, 0.15) is 24.7 Å². The molecule has 0 saturated carbocycles. The van der Waals surface area contributed by atoms with E-state index in [0.717, 1.165) is 17.0 Å². The van der Waals surface area contributed by atoms with Crippen LogP contribution in [0.3, 0.4) is 0 Å². The minimum Gasteiger partial charge on any atom is -0.442 e. The van der Waals surface area contributed by atoms with Gasteiger partial charge in [-0.25, -0.2) is 24.0 Å². The van der Waals surface area contributed by atoms with Crippen molar-refractivity contribution in [1.82, 2.24) is 20.7 Å². The summed E-state index contributed by atoms with van der Waals surface area (Å²) in [7, 11) is 0. The SMILES string of the molecule is C.CC(=O)NC[C@H]1CN(c2cc(F)c(N3CCNN(C(=O)c4cccnc4N4CCOCC4)CC3)c(F)c2)C(=O)O1. The summed E-state index contributed by atoms with van der Waals surface area (Å²) in [5, 5.41) is 4.00. The molecule has 3 aliphatic rings. The van der Waals surface area contributed by atoms with E-state index in [1.165, 1.54) is 16.8 Å². The third-order valence-electron chi connectivity index (χ3n) is 6.93. The van der Waals surface area contributed by atoms with Crippen LogP contribution in [0.5, 0.6) is 0 Å². The van der Waals surface area contributed by atoms with Gasteiger partial charge in [0, 0.05) is 58.0 Å². The van der Waals surface area contributed by atoms with Gasteiger partial charge in [0.1, 0.15) is 17.6 Å². The van der Waals surface area contributed by atoms with Crippen molar-refractivity contribution in [3.63, 3.8) is 0 Å². The first-order valence-corrected chi connectivity index (χ1v) is 13.1. The molecule has 1 aromatic heterocycles. The maximum Gasteiger partial charge on any atom is 0.414 e. The molecule has 1 atom stereocenters. The number of benzene rings is 1. The number of nitrogens with zero attached hydrogens (tertiary/aromatic N) is 5. The molecule has 3 saturated heterocycles. The maximum absolute atomic E-state index is 15.3. The monoisotopic (exact) mass is 575 g/mol. The van der Waals surface area contributed by atoms with Crippen molar-refractivity contribution in [2.24, 2.45) is 0 Å². The van der Waals surface area contributed by atoms with E-state index in [-0.39, 0.29) is 69.9 Å². The van der Waals surface area contributed by atoms with E-state index in [1.54, 1.807) is 18.3 Å². The number of ether oxygens (including phenoxy) is 2. The maximum atomic E-state index is 15.3. The minimum atomic E-state index is -0.838. The highest BCUT2D eigenvalue weighted by Crippen LogP contribution is 2.31. The van der Waals surface area contributed by atoms with Crippen LogP contribution in [-0.4, -0.2) is 99.6 Å². The zero-order valence-electron chi connectivity index (χ0n) is 22.1. The summed E-state index contributed by atoms with van der Waals surface area (Å²) >= 11 is 0. The smallest absolute Gasteiger partial charge is 0.414 e. The van der Waals surface area contributed by atoms with E-state index in [2.05, 4.69) is 15.7 Å². The van der Waals surface area contributed by atoms with E-state index in [4.69, 9.17) is 9.47 Å². The number of hydrogen-bond donors (Lipinski definition) is 2. The number of hydrogen-bond acceptors (Lipinski definition) is 9. The molecule has 2 aromatic rings. The second kappa shape index (κ2) is 13.1. The van der Waals surface area contributed by atoms with E-state index in [0.29, 0.717) is 37.7 Å². The first-order chi connectivity index (χ1) is 19.3. The number of carbonyl (C=O) groups is 3. The number of pyridine rings is 1. The number of carbonyl (C=O) groups excluding carboxylic acids is 3. The lowest BCUT2D eigenvalue weighted by Crippen LogP contribution is -2.45. The number of amides is 3. The van der Waals surface area contributed by atoms with Crippen LogP contribution in [-0.2, 0) is 14.3 Å². The number of morpholine rings is 1. The Balaban J connectivity index is 0.00000387. The molecule has 12 nitrogen and oxygen atoms in total. The lowest BCUT2D eigenvalue weighted by atomic mass is 10.2. The van der Waals surface area contributed by atoms with Crippen LogP contribution in [0, 0.1) is 11.6 Å². The van der Waals surface area contributed by atoms with Gasteiger partial charge in [0.05, 0.1) is 44.1 Å². The predicted molar refractivity (Wildman–Crippen MR) is 148 cm³/mol. The largest absolute Gasteiger partial charge is 0.442 e. The second-order valence-electron chi connectivity index (χ2n) is 9.64. The highest BCUT2D eigenvalue weighted by atomic mass is 19.1. The Bertz CT molecular complexity index is 1250. The number of hydrazine groups is 1. The van der Waals surface area contributed by atoms with Gasteiger partial charge >= 0.3 is 6.09 Å². The Hall–Kier alpha value is -4.04. The summed E-state index contributed by atoms with van der Waals surface area (Å²) in [4.78, 5) is 46.0. The van der Waals surface area contributed by atoms with Crippen molar-refractivity contribution >= 4 is 35.1 Å². The molecular formula is C27H35F2N7O5. The third kappa shape index (κ3) is 6.65. The topological polar surface area (TPSA) is 120 Å². The van der Waals surface area contributed by atoms with Crippen molar-refractivity contribution in [3.8, 4) is 0 Å². The summed E-state index contributed by atoms with van der Waals surface area (Å²) in [5.41, 5.74) is 3.28. The minimum absolute atomic E-state index is 0. The molecule has 3 aliphatic heterocycles. The highest BCUT2D eigenvalue weighted by Gasteiger charge is 2.34. The molecule has 0 aliphatic carbocycles. The summed E-state index contributed by atoms with van der Waals surface area (Å²) in [6, 6.07) is 5.59. The Morgan fingerprint density at radius 3 is 2.54 bits per heavy atom. The summed E-state index contributed by atoms with van der Waals surface area (Å²) in [5.74, 6) is -1.66. The van der Waals surface area contributed by atoms with Crippen molar-refractivity contribution in [2.45, 2.75) is 20.5 Å². The molecule has 3 fully saturated rings. The Morgan fingerprint density at radius 2 is 1.83 bits per heavy atom. The van der Waals surface area contributed by atoms with Crippen LogP contribution >= 0.6 is 0 Å². The average molecular weight is 576 g/mol. The molecular weight excluding hydrogens is 540 g/mol. The van der Waals surface area contributed by atoms with Crippen LogP contribution in [0.25, 0.3) is 0 Å². The Labute approximate surface area is 237 Å². The highest BCUT2D eigenvalue weighted by molar-refractivity contribution is 5.98. The molecule has 222 valence electrons. The standard InChI is InChI=1S/C26H31F2N7O5.CH4/c1-17(36)30-15-19-16-34(26(38)40-19)18-13-21(27)23(22(28)14-18)32-6-5-31-35(8-7-32)25(37)20-3-2-4-29-24(20)33-9-11-39-12-10-33;/h2-4,13-14,19,31H,5-12,15-16H2,1H3,(H,30,36);1H4/t19-;/m0./s1. The molecule has 0 spiro atoms. The van der Waals surface area contributed by atoms with E-state index in [9.17, 15) is 14.4 Å². The molecule has 3 amide bonds. The van der Waals surface area contributed by atoms with Crippen LogP contribution in [0.15, 0.2) is 30.5 Å². The van der Waals surface area contributed by atoms with Gasteiger partial charge in [0.2, 0.25) is 5.91 Å². The molecule has 5 rings (SSSR count). The number of anilines is 3. The Morgan fingerprint density at radius 1 is 1.10 bits per heavy atom. The fourth-order valence-corrected chi connectivity index (χ4v) is 4.97. The first kappa shape index (κ1) is 29.9. The number of cyclic esters (lactones) is 1. The van der Waals surface area contributed by atoms with Crippen molar-refractivity contribution in [1.29, 1.82) is 0 Å². The molecule has 0 unspecified atom stereocenters. The lowest BCUT2D eigenvalue weighted by Gasteiger charge is -2.30. The van der Waals surface area contributed by atoms with E-state index >= 15 is 8.78 Å². The normalized spacial score (nSPS) is 19.4. The molecule has 4 heterocycles. The fraction of sp³-hybridized carbons (Fsp3) is 0.481. The number of halogens is 2. The molecule has 1 aromatic carbocycles. The van der Waals surface area contributed by atoms with Crippen molar-refractivity contribution in [3.05, 3.63) is 47.7 Å². The number of aromatic nitrogens is 1. The van der Waals surface area contributed by atoms with Gasteiger partial charge in [-0.1, -0.05) is 7.43 Å². The van der Waals surface area contributed by atoms with E-state index in [1.807, 2.05) is 4.90 Å². The predicted octanol–water partition coefficient (Wildman–Crippen LogP) is 1.76. The van der Waals surface area contributed by atoms with Gasteiger partial charge in [-0.2, -0.15) is 0 Å². The van der Waals surface area contributed by atoms with Crippen molar-refractivity contribution < 1.29 is 32.6 Å². The van der Waals surface area contributed by atoms with Gasteiger partial charge in [-0.05, 0) is 12.1 Å². The second-order valence-corrected chi connectivity index (χ2v) is 9.64. The van der Waals surface area contributed by atoms with Gasteiger partial charge in [-0.15, -0.1) is 0 Å². The van der Waals surface area contributed by atoms with Gasteiger partial charge in [0.15, 0.2) is 11.6 Å². The third-order valence-corrected chi connectivity index (χ3v) is 6.93. The lowest BCUT2D eigenvalue weighted by molar-refractivity contribution is -0.119. The van der Waals surface area contributed by atoms with Crippen LogP contribution in [0.4, 0.5) is 30.8 Å². The number of rotatable bonds is 6. The average Bonchev–Trinajstić information content (AvgIpc) is 3.16. The van der Waals surface area contributed by atoms with Crippen LogP contribution < -0.4 is 25.4 Å². The van der Waals surface area contributed by atoms with Crippen molar-refractivity contribution in [2.75, 3.05) is 80.3 Å². The fourth-order valence-electron chi connectivity index (χ4n) is 4.97. The summed E-state index contributed by atoms with van der Waals surface area (Å²) in [6.45, 7) is 4.68. The summed E-state index contributed by atoms with van der Waals surface area (Å²) in [6.07, 6.45) is 0.257. The molecule has 0 bridgehead atoms. The number of nitrogens with one attached hydrogen (secondary N) is 2. The van der Waals surface area contributed by atoms with Crippen LogP contribution in [0.2, 0.25) is 0 Å². The molecule has 14 heteroatoms. The first-order valence-electron chi connectivity index (χ1n) is 13.1. The summed E-state index contributed by atoms with van der Waals surface area (Å²) < 4.78 is 41.2. The zero-order chi connectivity index (χ0) is 28.2. The molecule has 0 radical (unpaired) electrons. The Kier molecular flexibility index (Phi) is 9.55. The molecule has 2 N–H and O–H groups in total. The van der Waals surface area contributed by atoms with Gasteiger partial charge < -0.3 is 24.6 Å².